The Balaban J connectivity index is 1.78. The van der Waals surface area contributed by atoms with Crippen molar-refractivity contribution in [2.24, 2.45) is 4.99 Å². The predicted molar refractivity (Wildman–Crippen MR) is 102 cm³/mol. The molecule has 2 aromatic carbocycles. The van der Waals surface area contributed by atoms with Crippen molar-refractivity contribution >= 4 is 23.7 Å². The second-order valence-corrected chi connectivity index (χ2v) is 6.02. The summed E-state index contributed by atoms with van der Waals surface area (Å²) in [6.45, 7) is 0. The quantitative estimate of drug-likeness (QED) is 0.690. The van der Waals surface area contributed by atoms with Gasteiger partial charge in [-0.1, -0.05) is 30.3 Å². The summed E-state index contributed by atoms with van der Waals surface area (Å²) in [6, 6.07) is 16.5. The van der Waals surface area contributed by atoms with Crippen LogP contribution < -0.4 is 5.43 Å². The van der Waals surface area contributed by atoms with Crippen molar-refractivity contribution in [1.29, 1.82) is 0 Å². The van der Waals surface area contributed by atoms with Crippen LogP contribution in [0.4, 0.5) is 0 Å². The van der Waals surface area contributed by atoms with Crippen molar-refractivity contribution in [1.82, 2.24) is 10.4 Å². The van der Waals surface area contributed by atoms with Crippen molar-refractivity contribution in [2.45, 2.75) is 0 Å². The molecule has 2 heterocycles. The van der Waals surface area contributed by atoms with Crippen LogP contribution in [0.2, 0.25) is 0 Å². The van der Waals surface area contributed by atoms with Gasteiger partial charge in [-0.2, -0.15) is 5.01 Å². The number of aromatic hydroxyl groups is 1. The number of carbonyl (C=O) groups excluding carboxylic acids is 2. The fourth-order valence-corrected chi connectivity index (χ4v) is 2.70. The molecule has 28 heavy (non-hydrogen) atoms. The Morgan fingerprint density at radius 1 is 1.07 bits per heavy atom. The Morgan fingerprint density at radius 2 is 1.82 bits per heavy atom. The van der Waals surface area contributed by atoms with E-state index in [-0.39, 0.29) is 17.3 Å². The van der Waals surface area contributed by atoms with Crippen LogP contribution >= 0.6 is 0 Å². The lowest BCUT2D eigenvalue weighted by molar-refractivity contribution is -0.120. The summed E-state index contributed by atoms with van der Waals surface area (Å²) in [5.74, 6) is -0.666. The molecule has 0 atom stereocenters. The Bertz CT molecular complexity index is 1070. The van der Waals surface area contributed by atoms with Crippen molar-refractivity contribution in [3.8, 4) is 5.75 Å². The number of nitrogens with one attached hydrogen (secondary N) is 1. The zero-order chi connectivity index (χ0) is 19.5. The second kappa shape index (κ2) is 7.24. The Hall–Kier alpha value is -4.13. The molecule has 138 valence electrons. The largest absolute Gasteiger partial charge is 0.508 e. The maximum absolute atomic E-state index is 13.0. The van der Waals surface area contributed by atoms with Gasteiger partial charge in [0.25, 0.3) is 11.8 Å². The van der Waals surface area contributed by atoms with Gasteiger partial charge in [-0.05, 0) is 36.4 Å². The maximum Gasteiger partial charge on any atom is 0.288 e. The summed E-state index contributed by atoms with van der Waals surface area (Å²) in [4.78, 5) is 30.0. The molecule has 0 spiro atoms. The topological polar surface area (TPSA) is 95.1 Å². The minimum absolute atomic E-state index is 0.0431. The lowest BCUT2D eigenvalue weighted by Gasteiger charge is -2.28. The average molecular weight is 373 g/mol. The SMILES string of the molecule is O=C1NN(C(=O)c2ccc(O)cc2)C(c2ccccc2)=N/C1=C/c1ccoc1. The molecule has 2 amide bonds. The van der Waals surface area contributed by atoms with Gasteiger partial charge in [0.05, 0.1) is 12.5 Å². The fraction of sp³-hybridized carbons (Fsp3) is 0. The van der Waals surface area contributed by atoms with Gasteiger partial charge in [-0.3, -0.25) is 15.0 Å². The molecule has 0 fully saturated rings. The van der Waals surface area contributed by atoms with Crippen molar-refractivity contribution in [3.05, 3.63) is 95.6 Å². The lowest BCUT2D eigenvalue weighted by Crippen LogP contribution is -2.53. The van der Waals surface area contributed by atoms with E-state index in [1.807, 2.05) is 18.2 Å². The highest BCUT2D eigenvalue weighted by molar-refractivity contribution is 6.18. The first-order valence-electron chi connectivity index (χ1n) is 8.44. The maximum atomic E-state index is 13.0. The minimum Gasteiger partial charge on any atom is -0.508 e. The number of furan rings is 1. The monoisotopic (exact) mass is 373 g/mol. The summed E-state index contributed by atoms with van der Waals surface area (Å²) >= 11 is 0. The van der Waals surface area contributed by atoms with Gasteiger partial charge in [0.2, 0.25) is 0 Å². The van der Waals surface area contributed by atoms with Crippen LogP contribution in [0.3, 0.4) is 0 Å². The van der Waals surface area contributed by atoms with Gasteiger partial charge >= 0.3 is 0 Å². The number of aliphatic imine (C=N–C) groups is 1. The summed E-state index contributed by atoms with van der Waals surface area (Å²) in [7, 11) is 0. The molecular weight excluding hydrogens is 358 g/mol. The molecule has 0 saturated carbocycles. The normalized spacial score (nSPS) is 15.3. The van der Waals surface area contributed by atoms with Crippen molar-refractivity contribution < 1.29 is 19.1 Å². The van der Waals surface area contributed by atoms with Crippen LogP contribution in [0.15, 0.2) is 88.3 Å². The highest BCUT2D eigenvalue weighted by atomic mass is 16.3. The Labute approximate surface area is 160 Å². The fourth-order valence-electron chi connectivity index (χ4n) is 2.70. The van der Waals surface area contributed by atoms with E-state index in [1.165, 1.54) is 36.8 Å². The van der Waals surface area contributed by atoms with Gasteiger partial charge in [-0.15, -0.1) is 0 Å². The van der Waals surface area contributed by atoms with E-state index in [1.54, 1.807) is 24.3 Å². The third-order valence-corrected chi connectivity index (χ3v) is 4.08. The molecule has 0 unspecified atom stereocenters. The van der Waals surface area contributed by atoms with E-state index in [4.69, 9.17) is 4.42 Å². The lowest BCUT2D eigenvalue weighted by atomic mass is 10.1. The van der Waals surface area contributed by atoms with Gasteiger partial charge in [-0.25, -0.2) is 4.99 Å². The number of hydrogen-bond donors (Lipinski definition) is 2. The van der Waals surface area contributed by atoms with Crippen molar-refractivity contribution in [2.75, 3.05) is 0 Å². The van der Waals surface area contributed by atoms with Crippen LogP contribution in [-0.2, 0) is 4.79 Å². The molecule has 1 aliphatic heterocycles. The first kappa shape index (κ1) is 17.3. The van der Waals surface area contributed by atoms with Gasteiger partial charge < -0.3 is 9.52 Å². The second-order valence-electron chi connectivity index (χ2n) is 6.02. The van der Waals surface area contributed by atoms with Gasteiger partial charge in [0.1, 0.15) is 11.4 Å². The number of nitrogens with zero attached hydrogens (tertiary/aromatic N) is 2. The standard InChI is InChI=1S/C21H15N3O4/c25-17-8-6-16(7-9-17)21(27)24-19(15-4-2-1-3-5-15)22-18(20(26)23-24)12-14-10-11-28-13-14/h1-13,25H,(H,23,26)/b18-12+. The Morgan fingerprint density at radius 3 is 2.50 bits per heavy atom. The zero-order valence-electron chi connectivity index (χ0n) is 14.6. The van der Waals surface area contributed by atoms with E-state index in [0.29, 0.717) is 16.7 Å². The van der Waals surface area contributed by atoms with Crippen molar-refractivity contribution in [3.63, 3.8) is 0 Å². The number of hydrogen-bond acceptors (Lipinski definition) is 5. The summed E-state index contributed by atoms with van der Waals surface area (Å²) in [5, 5.41) is 10.6. The summed E-state index contributed by atoms with van der Waals surface area (Å²) in [5.41, 5.74) is 4.38. The van der Waals surface area contributed by atoms with Gasteiger partial charge in [0.15, 0.2) is 5.84 Å². The van der Waals surface area contributed by atoms with Gasteiger partial charge in [0, 0.05) is 16.7 Å². The predicted octanol–water partition coefficient (Wildman–Crippen LogP) is 2.96. The van der Waals surface area contributed by atoms with E-state index < -0.39 is 11.8 Å². The molecule has 4 rings (SSSR count). The third-order valence-electron chi connectivity index (χ3n) is 4.08. The van der Waals surface area contributed by atoms with Crippen LogP contribution in [0.25, 0.3) is 6.08 Å². The highest BCUT2D eigenvalue weighted by Gasteiger charge is 2.30. The zero-order valence-corrected chi connectivity index (χ0v) is 14.6. The van der Waals surface area contributed by atoms with Crippen LogP contribution in [0.5, 0.6) is 5.75 Å². The summed E-state index contributed by atoms with van der Waals surface area (Å²) < 4.78 is 5.02. The van der Waals surface area contributed by atoms with E-state index in [0.717, 1.165) is 5.01 Å². The van der Waals surface area contributed by atoms with Crippen LogP contribution in [0.1, 0.15) is 21.5 Å². The number of rotatable bonds is 3. The molecule has 0 saturated heterocycles. The number of carbonyl (C=O) groups is 2. The molecule has 1 aliphatic rings. The number of phenolic OH excluding ortho intramolecular Hbond substituents is 1. The molecule has 7 nitrogen and oxygen atoms in total. The molecule has 3 aromatic rings. The molecule has 0 aliphatic carbocycles. The van der Waals surface area contributed by atoms with E-state index >= 15 is 0 Å². The summed E-state index contributed by atoms with van der Waals surface area (Å²) in [6.07, 6.45) is 4.56. The average Bonchev–Trinajstić information content (AvgIpc) is 3.23. The molecule has 2 N–H and O–H groups in total. The number of amidine groups is 1. The van der Waals surface area contributed by atoms with E-state index in [2.05, 4.69) is 10.4 Å². The number of amides is 2. The van der Waals surface area contributed by atoms with E-state index in [9.17, 15) is 14.7 Å². The number of hydrazine groups is 1. The highest BCUT2D eigenvalue weighted by Crippen LogP contribution is 2.19. The molecule has 0 bridgehead atoms. The van der Waals surface area contributed by atoms with Crippen LogP contribution in [-0.4, -0.2) is 27.8 Å². The minimum atomic E-state index is -0.520. The number of benzene rings is 2. The Kier molecular flexibility index (Phi) is 4.47. The van der Waals surface area contributed by atoms with Crippen LogP contribution in [0, 0.1) is 0 Å². The molecule has 7 heteroatoms. The third kappa shape index (κ3) is 3.41. The first-order chi connectivity index (χ1) is 13.6. The first-order valence-corrected chi connectivity index (χ1v) is 8.44. The smallest absolute Gasteiger partial charge is 0.288 e. The number of phenols is 1. The molecular formula is C21H15N3O4. The molecule has 1 aromatic heterocycles. The molecule has 0 radical (unpaired) electrons.